The van der Waals surface area contributed by atoms with Gasteiger partial charge in [-0.1, -0.05) is 0 Å². The Balaban J connectivity index is 2.27. The first-order valence-electron chi connectivity index (χ1n) is 7.23. The van der Waals surface area contributed by atoms with Crippen molar-refractivity contribution >= 4 is 46.7 Å². The molecule has 0 radical (unpaired) electrons. The molecule has 9 nitrogen and oxygen atoms in total. The molecule has 2 rings (SSSR count). The lowest BCUT2D eigenvalue weighted by atomic mass is 10.1. The molecule has 1 fully saturated rings. The molecule has 2 aliphatic rings. The van der Waals surface area contributed by atoms with E-state index < -0.39 is 63.5 Å². The molecule has 2 unspecified atom stereocenters. The number of rotatable bonds is 6. The van der Waals surface area contributed by atoms with Crippen molar-refractivity contribution < 1.29 is 46.7 Å². The van der Waals surface area contributed by atoms with Gasteiger partial charge in [-0.15, -0.1) is 24.9 Å². The van der Waals surface area contributed by atoms with E-state index in [9.17, 15) is 42.0 Å². The number of nitrogens with one attached hydrogen (secondary N) is 1. The van der Waals surface area contributed by atoms with Crippen molar-refractivity contribution in [3.05, 3.63) is 11.3 Å². The van der Waals surface area contributed by atoms with Gasteiger partial charge in [-0.3, -0.25) is 19.3 Å². The predicted molar refractivity (Wildman–Crippen MR) is 85.1 cm³/mol. The zero-order chi connectivity index (χ0) is 20.5. The highest BCUT2D eigenvalue weighted by atomic mass is 32.2. The molecule has 14 heteroatoms. The van der Waals surface area contributed by atoms with Gasteiger partial charge in [0.05, 0.1) is 23.0 Å². The van der Waals surface area contributed by atoms with Crippen LogP contribution in [0.5, 0.6) is 0 Å². The topological polar surface area (TPSA) is 136 Å². The zero-order valence-electron chi connectivity index (χ0n) is 13.6. The fraction of sp³-hybridized carbons (Fsp3) is 0.538. The number of hydrogen-bond donors (Lipinski definition) is 2. The summed E-state index contributed by atoms with van der Waals surface area (Å²) in [6.07, 6.45) is -1.60. The van der Waals surface area contributed by atoms with Gasteiger partial charge in [0.25, 0.3) is 5.91 Å². The van der Waals surface area contributed by atoms with E-state index in [4.69, 9.17) is 4.74 Å². The van der Waals surface area contributed by atoms with Gasteiger partial charge in [-0.25, -0.2) is 4.79 Å². The molecule has 0 bridgehead atoms. The fourth-order valence-electron chi connectivity index (χ4n) is 2.38. The van der Waals surface area contributed by atoms with Crippen LogP contribution in [0, 0.1) is 0 Å². The quantitative estimate of drug-likeness (QED) is 0.258. The van der Waals surface area contributed by atoms with Gasteiger partial charge in [-0.2, -0.15) is 0 Å². The van der Waals surface area contributed by atoms with Crippen molar-refractivity contribution in [2.75, 3.05) is 11.5 Å². The van der Waals surface area contributed by atoms with E-state index in [-0.39, 0.29) is 17.7 Å². The Morgan fingerprint density at radius 3 is 2.59 bits per heavy atom. The number of halogens is 3. The highest BCUT2D eigenvalue weighted by Crippen LogP contribution is 2.40. The minimum absolute atomic E-state index is 0.0450. The SMILES string of the molecule is CC(=O)OC(NC(=O)C[S+]([O-])C(F)(F)F)C1=C(C(=O)O)N2C(=O)C[C@H]2SC1. The third-order valence-electron chi connectivity index (χ3n) is 3.50. The van der Waals surface area contributed by atoms with E-state index >= 15 is 0 Å². The van der Waals surface area contributed by atoms with Crippen molar-refractivity contribution in [2.45, 2.75) is 30.5 Å². The maximum absolute atomic E-state index is 12.3. The van der Waals surface area contributed by atoms with Gasteiger partial charge < -0.3 is 19.7 Å². The maximum atomic E-state index is 12.3. The van der Waals surface area contributed by atoms with Gasteiger partial charge in [-0.05, 0) is 0 Å². The number of carbonyl (C=O) groups excluding carboxylic acids is 3. The number of esters is 1. The average molecular weight is 430 g/mol. The van der Waals surface area contributed by atoms with E-state index in [2.05, 4.69) is 0 Å². The summed E-state index contributed by atoms with van der Waals surface area (Å²) in [5.41, 5.74) is -5.78. The molecule has 0 aromatic carbocycles. The summed E-state index contributed by atoms with van der Waals surface area (Å²) in [4.78, 5) is 47.3. The molecule has 0 spiro atoms. The summed E-state index contributed by atoms with van der Waals surface area (Å²) in [7, 11) is 0. The molecular formula is C13H13F3N2O7S2. The summed E-state index contributed by atoms with van der Waals surface area (Å²) >= 11 is -2.33. The van der Waals surface area contributed by atoms with Gasteiger partial charge in [0, 0.05) is 18.2 Å². The van der Waals surface area contributed by atoms with Crippen LogP contribution < -0.4 is 5.32 Å². The number of fused-ring (bicyclic) bond motifs is 1. The van der Waals surface area contributed by atoms with Crippen LogP contribution in [0.4, 0.5) is 13.2 Å². The molecular weight excluding hydrogens is 417 g/mol. The zero-order valence-corrected chi connectivity index (χ0v) is 15.2. The Kier molecular flexibility index (Phi) is 6.32. The molecule has 2 heterocycles. The molecule has 0 aromatic heterocycles. The van der Waals surface area contributed by atoms with E-state index in [0.29, 0.717) is 0 Å². The number of ether oxygens (including phenoxy) is 1. The second-order valence-electron chi connectivity index (χ2n) is 5.41. The Morgan fingerprint density at radius 2 is 2.11 bits per heavy atom. The lowest BCUT2D eigenvalue weighted by molar-refractivity contribution is -0.149. The second-order valence-corrected chi connectivity index (χ2v) is 8.01. The van der Waals surface area contributed by atoms with Gasteiger partial charge in [0.1, 0.15) is 5.70 Å². The normalized spacial score (nSPS) is 21.7. The minimum atomic E-state index is -5.11. The number of thioether (sulfide) groups is 1. The van der Waals surface area contributed by atoms with E-state index in [1.165, 1.54) is 0 Å². The minimum Gasteiger partial charge on any atom is -0.609 e. The van der Waals surface area contributed by atoms with Gasteiger partial charge >= 0.3 is 17.4 Å². The smallest absolute Gasteiger partial charge is 0.573 e. The Morgan fingerprint density at radius 1 is 1.48 bits per heavy atom. The predicted octanol–water partition coefficient (Wildman–Crippen LogP) is -0.0958. The summed E-state index contributed by atoms with van der Waals surface area (Å²) < 4.78 is 52.8. The first-order chi connectivity index (χ1) is 12.4. The monoisotopic (exact) mass is 430 g/mol. The average Bonchev–Trinajstić information content (AvgIpc) is 2.50. The molecule has 0 aliphatic carbocycles. The van der Waals surface area contributed by atoms with Crippen LogP contribution >= 0.6 is 11.8 Å². The van der Waals surface area contributed by atoms with Gasteiger partial charge in [0.15, 0.2) is 5.75 Å². The van der Waals surface area contributed by atoms with Crippen molar-refractivity contribution in [3.8, 4) is 0 Å². The first-order valence-corrected chi connectivity index (χ1v) is 9.60. The number of alkyl halides is 3. The number of β-lactam (4-membered cyclic amide) rings is 1. The second kappa shape index (κ2) is 7.98. The highest BCUT2D eigenvalue weighted by molar-refractivity contribution is 8.00. The number of hydrogen-bond acceptors (Lipinski definition) is 7. The molecule has 1 saturated heterocycles. The molecule has 150 valence electrons. The number of carboxylic acid groups (broad SMARTS) is 1. The first kappa shape index (κ1) is 21.4. The standard InChI is InChI=1S/C13H13F3N2O7S2/c1-5(19)25-11(17-7(20)4-27(24)13(14,15)16)6-3-26-9-2-8(21)18(9)10(6)12(22)23/h9,11H,2-4H2,1H3,(H,17,20)(H,22,23)/t9-,11?,27?/m1/s1. The molecule has 2 amide bonds. The van der Waals surface area contributed by atoms with Crippen LogP contribution in [-0.4, -0.2) is 66.9 Å². The van der Waals surface area contributed by atoms with Crippen LogP contribution in [-0.2, 0) is 35.1 Å². The Bertz CT molecular complexity index is 713. The highest BCUT2D eigenvalue weighted by Gasteiger charge is 2.48. The number of amides is 2. The Labute approximate surface area is 157 Å². The third-order valence-corrected chi connectivity index (χ3v) is 5.78. The van der Waals surface area contributed by atoms with E-state index in [0.717, 1.165) is 23.6 Å². The van der Waals surface area contributed by atoms with Crippen LogP contribution in [0.2, 0.25) is 0 Å². The molecule has 27 heavy (non-hydrogen) atoms. The van der Waals surface area contributed by atoms with E-state index in [1.54, 1.807) is 0 Å². The van der Waals surface area contributed by atoms with Crippen molar-refractivity contribution in [2.24, 2.45) is 0 Å². The van der Waals surface area contributed by atoms with Crippen LogP contribution in [0.15, 0.2) is 11.3 Å². The Hall–Kier alpha value is -1.93. The van der Waals surface area contributed by atoms with Crippen molar-refractivity contribution in [3.63, 3.8) is 0 Å². The van der Waals surface area contributed by atoms with E-state index in [1.807, 2.05) is 5.32 Å². The lowest BCUT2D eigenvalue weighted by Gasteiger charge is -2.44. The summed E-state index contributed by atoms with van der Waals surface area (Å²) in [5, 5.41) is 10.9. The lowest BCUT2D eigenvalue weighted by Crippen LogP contribution is -2.56. The molecule has 2 N–H and O–H groups in total. The number of carboxylic acids is 1. The van der Waals surface area contributed by atoms with Crippen LogP contribution in [0.25, 0.3) is 0 Å². The van der Waals surface area contributed by atoms with Gasteiger partial charge in [0.2, 0.25) is 12.1 Å². The summed E-state index contributed by atoms with van der Waals surface area (Å²) in [6, 6.07) is 0. The summed E-state index contributed by atoms with van der Waals surface area (Å²) in [6.45, 7) is 0.946. The van der Waals surface area contributed by atoms with Crippen molar-refractivity contribution in [1.82, 2.24) is 10.2 Å². The molecule has 2 aliphatic heterocycles. The number of carbonyl (C=O) groups is 4. The van der Waals surface area contributed by atoms with Crippen molar-refractivity contribution in [1.29, 1.82) is 0 Å². The number of nitrogens with zero attached hydrogens (tertiary/aromatic N) is 1. The largest absolute Gasteiger partial charge is 0.609 e. The molecule has 0 aromatic rings. The summed E-state index contributed by atoms with van der Waals surface area (Å²) in [5.74, 6) is -5.82. The number of aliphatic carboxylic acids is 1. The molecule has 0 saturated carbocycles. The third kappa shape index (κ3) is 4.87. The fourth-order valence-corrected chi connectivity index (χ4v) is 4.16. The molecule has 3 atom stereocenters. The van der Waals surface area contributed by atoms with Crippen LogP contribution in [0.3, 0.4) is 0 Å². The van der Waals surface area contributed by atoms with Crippen LogP contribution in [0.1, 0.15) is 13.3 Å². The maximum Gasteiger partial charge on any atom is 0.573 e.